The molecule has 2 aromatic rings. The van der Waals surface area contributed by atoms with Gasteiger partial charge in [-0.2, -0.15) is 0 Å². The Labute approximate surface area is 141 Å². The van der Waals surface area contributed by atoms with E-state index in [2.05, 4.69) is 5.32 Å². The van der Waals surface area contributed by atoms with Crippen LogP contribution in [-0.4, -0.2) is 33.3 Å². The van der Waals surface area contributed by atoms with E-state index in [-0.39, 0.29) is 5.91 Å². The molecule has 0 heterocycles. The minimum atomic E-state index is -0.661. The molecule has 1 atom stereocenters. The van der Waals surface area contributed by atoms with E-state index in [1.165, 1.54) is 0 Å². The summed E-state index contributed by atoms with van der Waals surface area (Å²) < 4.78 is 21.1. The van der Waals surface area contributed by atoms with Crippen LogP contribution in [0.5, 0.6) is 23.0 Å². The van der Waals surface area contributed by atoms with Gasteiger partial charge in [0.05, 0.1) is 21.3 Å². The topological polar surface area (TPSA) is 66.0 Å². The van der Waals surface area contributed by atoms with E-state index in [0.29, 0.717) is 22.9 Å². The van der Waals surface area contributed by atoms with Crippen molar-refractivity contribution in [3.63, 3.8) is 0 Å². The maximum atomic E-state index is 12.3. The highest BCUT2D eigenvalue weighted by Gasteiger charge is 2.16. The van der Waals surface area contributed by atoms with Gasteiger partial charge in [-0.25, -0.2) is 0 Å². The molecule has 6 heteroatoms. The molecule has 0 aromatic heterocycles. The number of methoxy groups -OCH3 is 3. The number of ether oxygens (including phenoxy) is 4. The van der Waals surface area contributed by atoms with Crippen LogP contribution in [0.15, 0.2) is 42.5 Å². The number of anilines is 1. The largest absolute Gasteiger partial charge is 0.497 e. The van der Waals surface area contributed by atoms with Crippen LogP contribution in [0.3, 0.4) is 0 Å². The van der Waals surface area contributed by atoms with Crippen LogP contribution >= 0.6 is 0 Å². The Morgan fingerprint density at radius 2 is 1.50 bits per heavy atom. The SMILES string of the molecule is COc1ccc(OC(C)C(=O)Nc2ccc(OC)c(OC)c2)cc1. The Balaban J connectivity index is 2.00. The zero-order valence-corrected chi connectivity index (χ0v) is 14.2. The fourth-order valence-electron chi connectivity index (χ4n) is 2.07. The Morgan fingerprint density at radius 1 is 0.875 bits per heavy atom. The van der Waals surface area contributed by atoms with Crippen molar-refractivity contribution in [1.29, 1.82) is 0 Å². The number of benzene rings is 2. The molecule has 2 aromatic carbocycles. The molecule has 128 valence electrons. The van der Waals surface area contributed by atoms with E-state index in [0.717, 1.165) is 5.75 Å². The Bertz CT molecular complexity index is 684. The first-order chi connectivity index (χ1) is 11.6. The predicted molar refractivity (Wildman–Crippen MR) is 91.3 cm³/mol. The molecule has 0 fully saturated rings. The van der Waals surface area contributed by atoms with Gasteiger partial charge in [0.1, 0.15) is 11.5 Å². The zero-order valence-electron chi connectivity index (χ0n) is 14.2. The van der Waals surface area contributed by atoms with Gasteiger partial charge in [-0.05, 0) is 43.3 Å². The summed E-state index contributed by atoms with van der Waals surface area (Å²) in [6, 6.07) is 12.2. The van der Waals surface area contributed by atoms with Gasteiger partial charge in [0.2, 0.25) is 0 Å². The van der Waals surface area contributed by atoms with E-state index in [9.17, 15) is 4.79 Å². The summed E-state index contributed by atoms with van der Waals surface area (Å²) in [5.41, 5.74) is 0.600. The average molecular weight is 331 g/mol. The van der Waals surface area contributed by atoms with Crippen molar-refractivity contribution in [3.8, 4) is 23.0 Å². The van der Waals surface area contributed by atoms with Crippen LogP contribution < -0.4 is 24.3 Å². The molecule has 0 spiro atoms. The number of rotatable bonds is 7. The highest BCUT2D eigenvalue weighted by atomic mass is 16.5. The Morgan fingerprint density at radius 3 is 2.08 bits per heavy atom. The molecule has 1 unspecified atom stereocenters. The first-order valence-electron chi connectivity index (χ1n) is 7.41. The minimum absolute atomic E-state index is 0.266. The zero-order chi connectivity index (χ0) is 17.5. The van der Waals surface area contributed by atoms with Crippen LogP contribution in [0, 0.1) is 0 Å². The van der Waals surface area contributed by atoms with Crippen LogP contribution in [0.25, 0.3) is 0 Å². The second kappa shape index (κ2) is 8.10. The van der Waals surface area contributed by atoms with Crippen molar-refractivity contribution in [1.82, 2.24) is 0 Å². The summed E-state index contributed by atoms with van der Waals surface area (Å²) in [4.78, 5) is 12.3. The predicted octanol–water partition coefficient (Wildman–Crippen LogP) is 3.12. The maximum absolute atomic E-state index is 12.3. The minimum Gasteiger partial charge on any atom is -0.497 e. The number of carbonyl (C=O) groups is 1. The van der Waals surface area contributed by atoms with Crippen molar-refractivity contribution >= 4 is 11.6 Å². The maximum Gasteiger partial charge on any atom is 0.265 e. The van der Waals surface area contributed by atoms with Gasteiger partial charge in [-0.3, -0.25) is 4.79 Å². The lowest BCUT2D eigenvalue weighted by Gasteiger charge is -2.16. The molecule has 6 nitrogen and oxygen atoms in total. The molecule has 0 bridgehead atoms. The summed E-state index contributed by atoms with van der Waals surface area (Å²) in [5.74, 6) is 2.19. The van der Waals surface area contributed by atoms with E-state index in [1.807, 2.05) is 0 Å². The number of carbonyl (C=O) groups excluding carboxylic acids is 1. The molecule has 0 aliphatic heterocycles. The number of amides is 1. The highest BCUT2D eigenvalue weighted by Crippen LogP contribution is 2.29. The van der Waals surface area contributed by atoms with Crippen molar-refractivity contribution < 1.29 is 23.7 Å². The second-order valence-corrected chi connectivity index (χ2v) is 4.99. The fourth-order valence-corrected chi connectivity index (χ4v) is 2.07. The van der Waals surface area contributed by atoms with Gasteiger partial charge < -0.3 is 24.3 Å². The molecule has 24 heavy (non-hydrogen) atoms. The van der Waals surface area contributed by atoms with Gasteiger partial charge in [0.25, 0.3) is 5.91 Å². The van der Waals surface area contributed by atoms with E-state index >= 15 is 0 Å². The molecule has 0 saturated carbocycles. The van der Waals surface area contributed by atoms with Gasteiger partial charge in [0, 0.05) is 11.8 Å². The first-order valence-corrected chi connectivity index (χ1v) is 7.41. The average Bonchev–Trinajstić information content (AvgIpc) is 2.62. The van der Waals surface area contributed by atoms with Crippen LogP contribution in [0.2, 0.25) is 0 Å². The smallest absolute Gasteiger partial charge is 0.265 e. The van der Waals surface area contributed by atoms with Gasteiger partial charge in [-0.1, -0.05) is 0 Å². The van der Waals surface area contributed by atoms with Gasteiger partial charge in [-0.15, -0.1) is 0 Å². The fraction of sp³-hybridized carbons (Fsp3) is 0.278. The van der Waals surface area contributed by atoms with E-state index in [4.69, 9.17) is 18.9 Å². The summed E-state index contributed by atoms with van der Waals surface area (Å²) in [5, 5.41) is 2.79. The molecular weight excluding hydrogens is 310 g/mol. The van der Waals surface area contributed by atoms with E-state index < -0.39 is 6.10 Å². The molecule has 2 rings (SSSR count). The first kappa shape index (κ1) is 17.5. The highest BCUT2D eigenvalue weighted by molar-refractivity contribution is 5.94. The Hall–Kier alpha value is -2.89. The monoisotopic (exact) mass is 331 g/mol. The molecule has 1 N–H and O–H groups in total. The second-order valence-electron chi connectivity index (χ2n) is 4.99. The normalized spacial score (nSPS) is 11.3. The van der Waals surface area contributed by atoms with E-state index in [1.54, 1.807) is 70.7 Å². The lowest BCUT2D eigenvalue weighted by Crippen LogP contribution is -2.30. The van der Waals surface area contributed by atoms with Crippen molar-refractivity contribution in [2.75, 3.05) is 26.6 Å². The lowest BCUT2D eigenvalue weighted by atomic mass is 10.2. The summed E-state index contributed by atoms with van der Waals surface area (Å²) in [6.45, 7) is 1.68. The van der Waals surface area contributed by atoms with Crippen molar-refractivity contribution in [3.05, 3.63) is 42.5 Å². The number of hydrogen-bond donors (Lipinski definition) is 1. The van der Waals surface area contributed by atoms with Crippen LogP contribution in [0.4, 0.5) is 5.69 Å². The molecule has 0 radical (unpaired) electrons. The molecule has 0 aliphatic rings. The standard InChI is InChI=1S/C18H21NO5/c1-12(24-15-8-6-14(21-2)7-9-15)18(20)19-13-5-10-16(22-3)17(11-13)23-4/h5-12H,1-4H3,(H,19,20). The van der Waals surface area contributed by atoms with Gasteiger partial charge >= 0.3 is 0 Å². The summed E-state index contributed by atoms with van der Waals surface area (Å²) in [7, 11) is 4.69. The number of nitrogens with one attached hydrogen (secondary N) is 1. The molecule has 0 aliphatic carbocycles. The third-order valence-corrected chi connectivity index (χ3v) is 3.39. The van der Waals surface area contributed by atoms with Crippen LogP contribution in [0.1, 0.15) is 6.92 Å². The molecular formula is C18H21NO5. The quantitative estimate of drug-likeness (QED) is 0.844. The lowest BCUT2D eigenvalue weighted by molar-refractivity contribution is -0.122. The summed E-state index contributed by atoms with van der Waals surface area (Å²) in [6.07, 6.45) is -0.661. The summed E-state index contributed by atoms with van der Waals surface area (Å²) >= 11 is 0. The van der Waals surface area contributed by atoms with Crippen molar-refractivity contribution in [2.45, 2.75) is 13.0 Å². The van der Waals surface area contributed by atoms with Crippen LogP contribution in [-0.2, 0) is 4.79 Å². The molecule has 0 saturated heterocycles. The van der Waals surface area contributed by atoms with Gasteiger partial charge in [0.15, 0.2) is 17.6 Å². The third-order valence-electron chi connectivity index (χ3n) is 3.39. The number of hydrogen-bond acceptors (Lipinski definition) is 5. The van der Waals surface area contributed by atoms with Crippen molar-refractivity contribution in [2.24, 2.45) is 0 Å². The Kier molecular flexibility index (Phi) is 5.89. The molecule has 1 amide bonds. The third kappa shape index (κ3) is 4.32.